The summed E-state index contributed by atoms with van der Waals surface area (Å²) in [7, 11) is -2.77. The zero-order valence-corrected chi connectivity index (χ0v) is 12.1. The Morgan fingerprint density at radius 3 is 2.84 bits per heavy atom. The van der Waals surface area contributed by atoms with Crippen LogP contribution in [0, 0.1) is 5.92 Å². The molecule has 0 aliphatic carbocycles. The van der Waals surface area contributed by atoms with Crippen LogP contribution >= 0.6 is 0 Å². The molecule has 0 radical (unpaired) electrons. The molecule has 1 atom stereocenters. The molecule has 0 bridgehead atoms. The van der Waals surface area contributed by atoms with Crippen molar-refractivity contribution in [2.45, 2.75) is 19.9 Å². The molecular weight excluding hydrogens is 262 g/mol. The lowest BCUT2D eigenvalue weighted by atomic mass is 10.1. The third-order valence-corrected chi connectivity index (χ3v) is 5.18. The first-order chi connectivity index (χ1) is 9.11. The molecule has 0 amide bonds. The van der Waals surface area contributed by atoms with Crippen molar-refractivity contribution in [2.24, 2.45) is 5.92 Å². The molecule has 1 aromatic carbocycles. The molecule has 19 heavy (non-hydrogen) atoms. The number of rotatable bonds is 6. The molecule has 5 heteroatoms. The fourth-order valence-corrected chi connectivity index (χ4v) is 4.25. The Kier molecular flexibility index (Phi) is 4.82. The minimum atomic E-state index is -2.77. The number of benzene rings is 1. The van der Waals surface area contributed by atoms with Crippen LogP contribution in [-0.4, -0.2) is 33.1 Å². The summed E-state index contributed by atoms with van der Waals surface area (Å²) in [6.45, 7) is 4.08. The second kappa shape index (κ2) is 6.39. The Morgan fingerprint density at radius 2 is 2.16 bits per heavy atom. The zero-order valence-electron chi connectivity index (χ0n) is 11.3. The largest absolute Gasteiger partial charge is 0.494 e. The molecule has 2 rings (SSSR count). The molecule has 1 aliphatic rings. The zero-order chi connectivity index (χ0) is 13.7. The lowest BCUT2D eigenvalue weighted by Crippen LogP contribution is -2.23. The maximum atomic E-state index is 11.4. The smallest absolute Gasteiger partial charge is 0.150 e. The van der Waals surface area contributed by atoms with Crippen molar-refractivity contribution in [3.05, 3.63) is 29.8 Å². The van der Waals surface area contributed by atoms with Gasteiger partial charge in [-0.2, -0.15) is 0 Å². The average Bonchev–Trinajstić information content (AvgIpc) is 2.71. The standard InChI is InChI=1S/C14H21NO3S/c1-2-18-14-6-4-3-5-13(14)10-15-9-12-7-8-19(16,17)11-12/h3-6,12,15H,2,7-11H2,1H3. The number of nitrogens with one attached hydrogen (secondary N) is 1. The van der Waals surface area contributed by atoms with E-state index >= 15 is 0 Å². The van der Waals surface area contributed by atoms with E-state index in [1.807, 2.05) is 31.2 Å². The molecule has 1 aromatic rings. The number of hydrogen-bond acceptors (Lipinski definition) is 4. The van der Waals surface area contributed by atoms with Gasteiger partial charge in [-0.25, -0.2) is 8.42 Å². The molecule has 1 saturated heterocycles. The highest BCUT2D eigenvalue weighted by molar-refractivity contribution is 7.91. The fourth-order valence-electron chi connectivity index (χ4n) is 2.39. The minimum Gasteiger partial charge on any atom is -0.494 e. The molecule has 0 aromatic heterocycles. The lowest BCUT2D eigenvalue weighted by molar-refractivity contribution is 0.335. The molecule has 1 heterocycles. The van der Waals surface area contributed by atoms with E-state index in [1.54, 1.807) is 0 Å². The number of sulfone groups is 1. The van der Waals surface area contributed by atoms with Crippen molar-refractivity contribution >= 4 is 9.84 Å². The highest BCUT2D eigenvalue weighted by Crippen LogP contribution is 2.19. The van der Waals surface area contributed by atoms with Crippen LogP contribution in [0.5, 0.6) is 5.75 Å². The average molecular weight is 283 g/mol. The Hall–Kier alpha value is -1.07. The van der Waals surface area contributed by atoms with Gasteiger partial charge in [-0.1, -0.05) is 18.2 Å². The third kappa shape index (κ3) is 4.21. The summed E-state index contributed by atoms with van der Waals surface area (Å²) in [5.74, 6) is 1.82. The SMILES string of the molecule is CCOc1ccccc1CNCC1CCS(=O)(=O)C1. The molecule has 106 valence electrons. The summed E-state index contributed by atoms with van der Waals surface area (Å²) in [4.78, 5) is 0. The van der Waals surface area contributed by atoms with Crippen molar-refractivity contribution in [1.29, 1.82) is 0 Å². The molecule has 1 unspecified atom stereocenters. The van der Waals surface area contributed by atoms with Crippen LogP contribution in [0.3, 0.4) is 0 Å². The Balaban J connectivity index is 1.83. The van der Waals surface area contributed by atoms with E-state index in [9.17, 15) is 8.42 Å². The van der Waals surface area contributed by atoms with Gasteiger partial charge >= 0.3 is 0 Å². The van der Waals surface area contributed by atoms with Gasteiger partial charge in [0.25, 0.3) is 0 Å². The topological polar surface area (TPSA) is 55.4 Å². The van der Waals surface area contributed by atoms with Gasteiger partial charge < -0.3 is 10.1 Å². The fraction of sp³-hybridized carbons (Fsp3) is 0.571. The normalized spacial score (nSPS) is 21.4. The van der Waals surface area contributed by atoms with Gasteiger partial charge in [0.05, 0.1) is 18.1 Å². The first-order valence-corrected chi connectivity index (χ1v) is 8.54. The third-order valence-electron chi connectivity index (χ3n) is 3.35. The quantitative estimate of drug-likeness (QED) is 0.862. The number of ether oxygens (including phenoxy) is 1. The Morgan fingerprint density at radius 1 is 1.37 bits per heavy atom. The van der Waals surface area contributed by atoms with Crippen molar-refractivity contribution in [2.75, 3.05) is 24.7 Å². The van der Waals surface area contributed by atoms with Crippen molar-refractivity contribution in [3.63, 3.8) is 0 Å². The van der Waals surface area contributed by atoms with Crippen LogP contribution < -0.4 is 10.1 Å². The van der Waals surface area contributed by atoms with Gasteiger partial charge in [0.15, 0.2) is 9.84 Å². The Labute approximate surface area is 115 Å². The molecule has 1 aliphatic heterocycles. The van der Waals surface area contributed by atoms with Crippen LogP contribution in [0.15, 0.2) is 24.3 Å². The molecule has 4 nitrogen and oxygen atoms in total. The summed E-state index contributed by atoms with van der Waals surface area (Å²) in [6.07, 6.45) is 0.780. The van der Waals surface area contributed by atoms with Crippen molar-refractivity contribution in [1.82, 2.24) is 5.32 Å². The first-order valence-electron chi connectivity index (χ1n) is 6.72. The molecule has 0 spiro atoms. The van der Waals surface area contributed by atoms with E-state index in [4.69, 9.17) is 4.74 Å². The van der Waals surface area contributed by atoms with E-state index < -0.39 is 9.84 Å². The molecule has 1 fully saturated rings. The second-order valence-electron chi connectivity index (χ2n) is 4.94. The summed E-state index contributed by atoms with van der Waals surface area (Å²) < 4.78 is 28.3. The molecule has 1 N–H and O–H groups in total. The van der Waals surface area contributed by atoms with Crippen LogP contribution in [0.4, 0.5) is 0 Å². The maximum Gasteiger partial charge on any atom is 0.150 e. The minimum absolute atomic E-state index is 0.254. The van der Waals surface area contributed by atoms with Gasteiger partial charge in [0, 0.05) is 12.1 Å². The Bertz CT molecular complexity index is 513. The van der Waals surface area contributed by atoms with Crippen LogP contribution in [-0.2, 0) is 16.4 Å². The highest BCUT2D eigenvalue weighted by Gasteiger charge is 2.27. The van der Waals surface area contributed by atoms with Crippen LogP contribution in [0.2, 0.25) is 0 Å². The van der Waals surface area contributed by atoms with Crippen LogP contribution in [0.25, 0.3) is 0 Å². The molecular formula is C14H21NO3S. The van der Waals surface area contributed by atoms with E-state index in [1.165, 1.54) is 0 Å². The van der Waals surface area contributed by atoms with Gasteiger partial charge in [-0.3, -0.25) is 0 Å². The summed E-state index contributed by atoms with van der Waals surface area (Å²) in [6, 6.07) is 7.93. The first kappa shape index (κ1) is 14.3. The number of hydrogen-bond donors (Lipinski definition) is 1. The number of para-hydroxylation sites is 1. The molecule has 0 saturated carbocycles. The predicted molar refractivity (Wildman–Crippen MR) is 76.1 cm³/mol. The predicted octanol–water partition coefficient (Wildman–Crippen LogP) is 1.61. The van der Waals surface area contributed by atoms with E-state index in [-0.39, 0.29) is 5.92 Å². The van der Waals surface area contributed by atoms with Gasteiger partial charge in [-0.05, 0) is 31.9 Å². The summed E-state index contributed by atoms with van der Waals surface area (Å²) in [5, 5.41) is 3.34. The summed E-state index contributed by atoms with van der Waals surface area (Å²) >= 11 is 0. The van der Waals surface area contributed by atoms with Gasteiger partial charge in [0.2, 0.25) is 0 Å². The van der Waals surface area contributed by atoms with E-state index in [2.05, 4.69) is 5.32 Å². The van der Waals surface area contributed by atoms with Crippen molar-refractivity contribution in [3.8, 4) is 5.75 Å². The lowest BCUT2D eigenvalue weighted by Gasteiger charge is -2.12. The summed E-state index contributed by atoms with van der Waals surface area (Å²) in [5.41, 5.74) is 1.12. The highest BCUT2D eigenvalue weighted by atomic mass is 32.2. The maximum absolute atomic E-state index is 11.4. The van der Waals surface area contributed by atoms with Crippen molar-refractivity contribution < 1.29 is 13.2 Å². The van der Waals surface area contributed by atoms with Gasteiger partial charge in [-0.15, -0.1) is 0 Å². The monoisotopic (exact) mass is 283 g/mol. The second-order valence-corrected chi connectivity index (χ2v) is 7.17. The van der Waals surface area contributed by atoms with Gasteiger partial charge in [0.1, 0.15) is 5.75 Å². The van der Waals surface area contributed by atoms with Crippen LogP contribution in [0.1, 0.15) is 18.9 Å². The van der Waals surface area contributed by atoms with E-state index in [0.29, 0.717) is 24.7 Å². The van der Waals surface area contributed by atoms with E-state index in [0.717, 1.165) is 24.3 Å².